The highest BCUT2D eigenvalue weighted by Crippen LogP contribution is 2.37. The Balaban J connectivity index is 1.62. The maximum Gasteiger partial charge on any atom is 0.494 e. The minimum absolute atomic E-state index is 0.352. The standard InChI is InChI=1S/C23H29BN2O3/c1-8-16-13-17(24-28-22(4,5)23(6,7)29-24)9-10-18(16)25-21-26-19-12-14(2)11-15(3)20(19)27-21/h9-13H,8H2,1-7H3,(H,25,26). The lowest BCUT2D eigenvalue weighted by molar-refractivity contribution is 0.00578. The Labute approximate surface area is 172 Å². The lowest BCUT2D eigenvalue weighted by Gasteiger charge is -2.32. The summed E-state index contributed by atoms with van der Waals surface area (Å²) in [6.45, 7) is 14.5. The van der Waals surface area contributed by atoms with Crippen LogP contribution in [0.2, 0.25) is 0 Å². The van der Waals surface area contributed by atoms with Gasteiger partial charge in [0.2, 0.25) is 0 Å². The Hall–Kier alpha value is -2.31. The lowest BCUT2D eigenvalue weighted by Crippen LogP contribution is -2.41. The van der Waals surface area contributed by atoms with Gasteiger partial charge in [-0.2, -0.15) is 4.98 Å². The van der Waals surface area contributed by atoms with Crippen LogP contribution in [0.4, 0.5) is 11.7 Å². The average Bonchev–Trinajstić information content (AvgIpc) is 3.12. The lowest BCUT2D eigenvalue weighted by atomic mass is 9.78. The quantitative estimate of drug-likeness (QED) is 0.630. The predicted octanol–water partition coefficient (Wildman–Crippen LogP) is 5.05. The SMILES string of the molecule is CCc1cc(B2OC(C)(C)C(C)(C)O2)ccc1Nc1nc2cc(C)cc(C)c2o1. The number of benzene rings is 2. The maximum atomic E-state index is 6.20. The molecule has 0 radical (unpaired) electrons. The molecule has 0 amide bonds. The van der Waals surface area contributed by atoms with E-state index in [2.05, 4.69) is 64.0 Å². The summed E-state index contributed by atoms with van der Waals surface area (Å²) >= 11 is 0. The van der Waals surface area contributed by atoms with Crippen molar-refractivity contribution < 1.29 is 13.7 Å². The summed E-state index contributed by atoms with van der Waals surface area (Å²) in [6.07, 6.45) is 0.869. The molecule has 2 aromatic carbocycles. The zero-order chi connectivity index (χ0) is 21.0. The summed E-state index contributed by atoms with van der Waals surface area (Å²) in [7, 11) is -0.366. The maximum absolute atomic E-state index is 6.20. The summed E-state index contributed by atoms with van der Waals surface area (Å²) in [5.41, 5.74) is 6.42. The Morgan fingerprint density at radius 2 is 1.69 bits per heavy atom. The molecule has 0 saturated carbocycles. The van der Waals surface area contributed by atoms with Gasteiger partial charge in [-0.3, -0.25) is 0 Å². The third-order valence-electron chi connectivity index (χ3n) is 6.10. The molecule has 5 nitrogen and oxygen atoms in total. The first-order valence-electron chi connectivity index (χ1n) is 10.2. The van der Waals surface area contributed by atoms with Gasteiger partial charge < -0.3 is 19.0 Å². The van der Waals surface area contributed by atoms with Crippen LogP contribution in [0.3, 0.4) is 0 Å². The Kier molecular flexibility index (Phi) is 4.75. The number of hydrogen-bond acceptors (Lipinski definition) is 5. The fraction of sp³-hybridized carbons (Fsp3) is 0.435. The van der Waals surface area contributed by atoms with Crippen LogP contribution < -0.4 is 10.8 Å². The molecule has 29 heavy (non-hydrogen) atoms. The van der Waals surface area contributed by atoms with E-state index in [4.69, 9.17) is 13.7 Å². The minimum atomic E-state index is -0.366. The Morgan fingerprint density at radius 3 is 2.34 bits per heavy atom. The van der Waals surface area contributed by atoms with Crippen LogP contribution in [-0.4, -0.2) is 23.3 Å². The molecule has 1 aliphatic rings. The van der Waals surface area contributed by atoms with Crippen LogP contribution in [0, 0.1) is 13.8 Å². The first-order valence-corrected chi connectivity index (χ1v) is 10.2. The predicted molar refractivity (Wildman–Crippen MR) is 118 cm³/mol. The molecule has 1 aliphatic heterocycles. The van der Waals surface area contributed by atoms with E-state index in [0.717, 1.165) is 39.8 Å². The highest BCUT2D eigenvalue weighted by Gasteiger charge is 2.51. The second-order valence-corrected chi connectivity index (χ2v) is 8.93. The summed E-state index contributed by atoms with van der Waals surface area (Å²) in [4.78, 5) is 4.62. The third kappa shape index (κ3) is 3.56. The van der Waals surface area contributed by atoms with Crippen LogP contribution in [0.5, 0.6) is 0 Å². The van der Waals surface area contributed by atoms with Crippen LogP contribution in [0.15, 0.2) is 34.7 Å². The van der Waals surface area contributed by atoms with Gasteiger partial charge in [0.1, 0.15) is 5.52 Å². The van der Waals surface area contributed by atoms with Gasteiger partial charge in [-0.05, 0) is 82.2 Å². The molecule has 1 saturated heterocycles. The topological polar surface area (TPSA) is 56.5 Å². The van der Waals surface area contributed by atoms with Crippen LogP contribution >= 0.6 is 0 Å². The van der Waals surface area contributed by atoms with Gasteiger partial charge in [0, 0.05) is 5.69 Å². The van der Waals surface area contributed by atoms with Crippen molar-refractivity contribution >= 4 is 35.4 Å². The van der Waals surface area contributed by atoms with E-state index in [1.165, 1.54) is 5.56 Å². The molecule has 152 valence electrons. The molecule has 1 N–H and O–H groups in total. The van der Waals surface area contributed by atoms with Crippen LogP contribution in [0.25, 0.3) is 11.1 Å². The van der Waals surface area contributed by atoms with Gasteiger partial charge >= 0.3 is 7.12 Å². The molecule has 1 aromatic heterocycles. The summed E-state index contributed by atoms with van der Waals surface area (Å²) < 4.78 is 18.4. The molecule has 0 aliphatic carbocycles. The van der Waals surface area contributed by atoms with E-state index < -0.39 is 0 Å². The fourth-order valence-corrected chi connectivity index (χ4v) is 3.70. The summed E-state index contributed by atoms with van der Waals surface area (Å²) in [5.74, 6) is 0. The molecule has 2 heterocycles. The molecule has 0 spiro atoms. The van der Waals surface area contributed by atoms with E-state index in [1.807, 2.05) is 25.1 Å². The number of nitrogens with one attached hydrogen (secondary N) is 1. The average molecular weight is 392 g/mol. The number of hydrogen-bond donors (Lipinski definition) is 1. The highest BCUT2D eigenvalue weighted by molar-refractivity contribution is 6.62. The normalized spacial score (nSPS) is 17.8. The van der Waals surface area contributed by atoms with Crippen LogP contribution in [0.1, 0.15) is 51.3 Å². The molecule has 1 fully saturated rings. The summed E-state index contributed by atoms with van der Waals surface area (Å²) in [6, 6.07) is 10.9. The second kappa shape index (κ2) is 6.89. The van der Waals surface area contributed by atoms with E-state index in [1.54, 1.807) is 0 Å². The second-order valence-electron chi connectivity index (χ2n) is 8.93. The number of aromatic nitrogens is 1. The van der Waals surface area contributed by atoms with Crippen molar-refractivity contribution in [3.05, 3.63) is 47.0 Å². The van der Waals surface area contributed by atoms with Crippen molar-refractivity contribution in [2.24, 2.45) is 0 Å². The zero-order valence-corrected chi connectivity index (χ0v) is 18.3. The first kappa shape index (κ1) is 20.0. The van der Waals surface area contributed by atoms with Crippen molar-refractivity contribution in [3.8, 4) is 0 Å². The van der Waals surface area contributed by atoms with Crippen molar-refractivity contribution in [2.75, 3.05) is 5.32 Å². The number of rotatable bonds is 4. The van der Waals surface area contributed by atoms with Crippen molar-refractivity contribution in [1.29, 1.82) is 0 Å². The number of anilines is 2. The highest BCUT2D eigenvalue weighted by atomic mass is 16.7. The van der Waals surface area contributed by atoms with Gasteiger partial charge in [0.05, 0.1) is 11.2 Å². The first-order chi connectivity index (χ1) is 13.6. The number of nitrogens with zero attached hydrogens (tertiary/aromatic N) is 1. The fourth-order valence-electron chi connectivity index (χ4n) is 3.70. The molecule has 0 unspecified atom stereocenters. The number of aryl methyl sites for hydroxylation is 3. The van der Waals surface area contributed by atoms with Crippen molar-refractivity contribution in [1.82, 2.24) is 4.98 Å². The van der Waals surface area contributed by atoms with E-state index in [-0.39, 0.29) is 18.3 Å². The van der Waals surface area contributed by atoms with Gasteiger partial charge in [-0.15, -0.1) is 0 Å². The van der Waals surface area contributed by atoms with Crippen molar-refractivity contribution in [3.63, 3.8) is 0 Å². The largest absolute Gasteiger partial charge is 0.494 e. The third-order valence-corrected chi connectivity index (χ3v) is 6.10. The minimum Gasteiger partial charge on any atom is -0.423 e. The zero-order valence-electron chi connectivity index (χ0n) is 18.3. The monoisotopic (exact) mass is 392 g/mol. The molecule has 4 rings (SSSR count). The van der Waals surface area contributed by atoms with Gasteiger partial charge in [-0.1, -0.05) is 25.1 Å². The van der Waals surface area contributed by atoms with Gasteiger partial charge in [0.15, 0.2) is 5.58 Å². The number of oxazole rings is 1. The van der Waals surface area contributed by atoms with Gasteiger partial charge in [-0.25, -0.2) is 0 Å². The molecular formula is C23H29BN2O3. The molecule has 6 heteroatoms. The molecular weight excluding hydrogens is 363 g/mol. The van der Waals surface area contributed by atoms with Crippen molar-refractivity contribution in [2.45, 2.75) is 66.1 Å². The van der Waals surface area contributed by atoms with Crippen LogP contribution in [-0.2, 0) is 15.7 Å². The Bertz CT molecular complexity index is 1060. The van der Waals surface area contributed by atoms with Gasteiger partial charge in [0.25, 0.3) is 6.01 Å². The van der Waals surface area contributed by atoms with E-state index in [9.17, 15) is 0 Å². The Morgan fingerprint density at radius 1 is 1.00 bits per heavy atom. The molecule has 0 atom stereocenters. The molecule has 3 aromatic rings. The molecule has 0 bridgehead atoms. The smallest absolute Gasteiger partial charge is 0.423 e. The summed E-state index contributed by atoms with van der Waals surface area (Å²) in [5, 5.41) is 3.35. The number of fused-ring (bicyclic) bond motifs is 1. The van der Waals surface area contributed by atoms with E-state index in [0.29, 0.717) is 6.01 Å². The van der Waals surface area contributed by atoms with E-state index >= 15 is 0 Å².